The normalized spacial score (nSPS) is 18.2. The second-order valence-corrected chi connectivity index (χ2v) is 6.98. The highest BCUT2D eigenvalue weighted by Crippen LogP contribution is 2.31. The first-order chi connectivity index (χ1) is 11.5. The van der Waals surface area contributed by atoms with E-state index >= 15 is 0 Å². The SMILES string of the molecule is C[C@H]1CN(C(=O)OC(C)(C)C)CCN1c1c(F)cc([N+](=O)[O-])cc1F. The minimum atomic E-state index is -0.996. The van der Waals surface area contributed by atoms with Crippen molar-refractivity contribution in [1.29, 1.82) is 0 Å². The Balaban J connectivity index is 2.17. The third-order valence-electron chi connectivity index (χ3n) is 3.78. The van der Waals surface area contributed by atoms with Gasteiger partial charge >= 0.3 is 6.09 Å². The summed E-state index contributed by atoms with van der Waals surface area (Å²) in [6.45, 7) is 7.63. The number of hydrogen-bond acceptors (Lipinski definition) is 5. The zero-order valence-electron chi connectivity index (χ0n) is 14.6. The molecule has 0 aliphatic carbocycles. The fraction of sp³-hybridized carbons (Fsp3) is 0.562. The van der Waals surface area contributed by atoms with Gasteiger partial charge in [-0.2, -0.15) is 0 Å². The van der Waals surface area contributed by atoms with Crippen LogP contribution in [0, 0.1) is 21.7 Å². The minimum Gasteiger partial charge on any atom is -0.444 e. The molecule has 1 aliphatic rings. The van der Waals surface area contributed by atoms with Crippen LogP contribution in [0.3, 0.4) is 0 Å². The van der Waals surface area contributed by atoms with E-state index < -0.39 is 33.9 Å². The molecule has 0 bridgehead atoms. The Hall–Kier alpha value is -2.45. The monoisotopic (exact) mass is 357 g/mol. The van der Waals surface area contributed by atoms with Crippen LogP contribution in [0.4, 0.5) is 25.0 Å². The molecule has 0 radical (unpaired) electrons. The van der Waals surface area contributed by atoms with E-state index in [0.29, 0.717) is 12.1 Å². The molecule has 2 rings (SSSR count). The highest BCUT2D eigenvalue weighted by Gasteiger charge is 2.33. The summed E-state index contributed by atoms with van der Waals surface area (Å²) in [5.74, 6) is -1.99. The van der Waals surface area contributed by atoms with E-state index in [1.807, 2.05) is 0 Å². The lowest BCUT2D eigenvalue weighted by Crippen LogP contribution is -2.55. The van der Waals surface area contributed by atoms with Crippen LogP contribution in [0.1, 0.15) is 27.7 Å². The van der Waals surface area contributed by atoms with Gasteiger partial charge in [0.25, 0.3) is 5.69 Å². The number of nitro groups is 1. The molecule has 138 valence electrons. The maximum Gasteiger partial charge on any atom is 0.410 e. The van der Waals surface area contributed by atoms with Crippen LogP contribution in [0.15, 0.2) is 12.1 Å². The molecule has 1 amide bonds. The molecule has 1 aromatic rings. The summed E-state index contributed by atoms with van der Waals surface area (Å²) in [6, 6.07) is 1.02. The van der Waals surface area contributed by atoms with Crippen molar-refractivity contribution < 1.29 is 23.2 Å². The van der Waals surface area contributed by atoms with Gasteiger partial charge in [0.1, 0.15) is 11.3 Å². The molecule has 0 aromatic heterocycles. The summed E-state index contributed by atoms with van der Waals surface area (Å²) < 4.78 is 33.7. The smallest absolute Gasteiger partial charge is 0.410 e. The van der Waals surface area contributed by atoms with Crippen LogP contribution >= 0.6 is 0 Å². The highest BCUT2D eigenvalue weighted by atomic mass is 19.1. The number of rotatable bonds is 2. The summed E-state index contributed by atoms with van der Waals surface area (Å²) in [4.78, 5) is 24.9. The first-order valence-electron chi connectivity index (χ1n) is 7.87. The molecule has 0 spiro atoms. The molecule has 1 saturated heterocycles. The van der Waals surface area contributed by atoms with E-state index in [1.165, 1.54) is 9.80 Å². The van der Waals surface area contributed by atoms with Crippen molar-refractivity contribution in [3.05, 3.63) is 33.9 Å². The summed E-state index contributed by atoms with van der Waals surface area (Å²) >= 11 is 0. The number of benzene rings is 1. The van der Waals surface area contributed by atoms with Gasteiger partial charge in [-0.1, -0.05) is 0 Å². The Labute approximate surface area is 144 Å². The number of piperazine rings is 1. The number of anilines is 1. The van der Waals surface area contributed by atoms with Gasteiger partial charge in [0.05, 0.1) is 17.1 Å². The maximum atomic E-state index is 14.2. The quantitative estimate of drug-likeness (QED) is 0.599. The van der Waals surface area contributed by atoms with E-state index in [0.717, 1.165) is 0 Å². The summed E-state index contributed by atoms with van der Waals surface area (Å²) in [5, 5.41) is 10.7. The molecule has 0 saturated carbocycles. The molecular weight excluding hydrogens is 336 g/mol. The molecule has 9 heteroatoms. The molecule has 1 fully saturated rings. The van der Waals surface area contributed by atoms with Gasteiger partial charge in [0.2, 0.25) is 0 Å². The van der Waals surface area contributed by atoms with Gasteiger partial charge in [0, 0.05) is 25.7 Å². The van der Waals surface area contributed by atoms with E-state index in [9.17, 15) is 23.7 Å². The van der Waals surface area contributed by atoms with Crippen LogP contribution in [0.25, 0.3) is 0 Å². The third kappa shape index (κ3) is 4.34. The number of amides is 1. The summed E-state index contributed by atoms with van der Waals surface area (Å²) in [5.41, 5.74) is -1.59. The zero-order valence-corrected chi connectivity index (χ0v) is 14.6. The van der Waals surface area contributed by atoms with E-state index in [4.69, 9.17) is 4.74 Å². The lowest BCUT2D eigenvalue weighted by atomic mass is 10.1. The Morgan fingerprint density at radius 2 is 1.84 bits per heavy atom. The topological polar surface area (TPSA) is 75.9 Å². The van der Waals surface area contributed by atoms with Crippen molar-refractivity contribution in [2.24, 2.45) is 0 Å². The van der Waals surface area contributed by atoms with E-state index in [2.05, 4.69) is 0 Å². The van der Waals surface area contributed by atoms with Crippen molar-refractivity contribution in [3.8, 4) is 0 Å². The first-order valence-corrected chi connectivity index (χ1v) is 7.87. The van der Waals surface area contributed by atoms with Crippen molar-refractivity contribution in [1.82, 2.24) is 4.90 Å². The van der Waals surface area contributed by atoms with E-state index in [1.54, 1.807) is 27.7 Å². The Bertz CT molecular complexity index is 667. The van der Waals surface area contributed by atoms with Crippen LogP contribution < -0.4 is 4.90 Å². The number of hydrogen-bond donors (Lipinski definition) is 0. The number of ether oxygens (including phenoxy) is 1. The van der Waals surface area contributed by atoms with Gasteiger partial charge in [-0.25, -0.2) is 13.6 Å². The number of halogens is 2. The average Bonchev–Trinajstić information content (AvgIpc) is 2.46. The number of non-ortho nitro benzene ring substituents is 1. The summed E-state index contributed by atoms with van der Waals surface area (Å²) in [7, 11) is 0. The number of carbonyl (C=O) groups is 1. The fourth-order valence-electron chi connectivity index (χ4n) is 2.71. The molecule has 0 unspecified atom stereocenters. The lowest BCUT2D eigenvalue weighted by Gasteiger charge is -2.41. The number of nitro benzene ring substituents is 1. The molecule has 1 atom stereocenters. The Morgan fingerprint density at radius 3 is 2.28 bits per heavy atom. The first kappa shape index (κ1) is 18.9. The highest BCUT2D eigenvalue weighted by molar-refractivity contribution is 5.69. The van der Waals surface area contributed by atoms with Crippen molar-refractivity contribution >= 4 is 17.5 Å². The van der Waals surface area contributed by atoms with Gasteiger partial charge in [-0.15, -0.1) is 0 Å². The third-order valence-corrected chi connectivity index (χ3v) is 3.78. The maximum absolute atomic E-state index is 14.2. The predicted octanol–water partition coefficient (Wildman–Crippen LogP) is 3.32. The average molecular weight is 357 g/mol. The second kappa shape index (κ2) is 6.81. The largest absolute Gasteiger partial charge is 0.444 e. The van der Waals surface area contributed by atoms with Crippen LogP contribution in [-0.2, 0) is 4.74 Å². The molecule has 1 heterocycles. The van der Waals surface area contributed by atoms with Gasteiger partial charge in [-0.05, 0) is 27.7 Å². The van der Waals surface area contributed by atoms with E-state index in [-0.39, 0.29) is 31.4 Å². The molecule has 1 aliphatic heterocycles. The number of carbonyl (C=O) groups excluding carboxylic acids is 1. The van der Waals surface area contributed by atoms with Crippen molar-refractivity contribution in [2.45, 2.75) is 39.3 Å². The van der Waals surface area contributed by atoms with Gasteiger partial charge < -0.3 is 14.5 Å². The molecule has 0 N–H and O–H groups in total. The van der Waals surface area contributed by atoms with Crippen LogP contribution in [-0.4, -0.2) is 47.2 Å². The minimum absolute atomic E-state index is 0.187. The summed E-state index contributed by atoms with van der Waals surface area (Å²) in [6.07, 6.45) is -0.483. The Kier molecular flexibility index (Phi) is 5.15. The van der Waals surface area contributed by atoms with Gasteiger partial charge in [0.15, 0.2) is 11.6 Å². The molecule has 7 nitrogen and oxygen atoms in total. The van der Waals surface area contributed by atoms with Crippen molar-refractivity contribution in [3.63, 3.8) is 0 Å². The standard InChI is InChI=1S/C16H21F2N3O4/c1-10-9-19(15(22)25-16(2,3)4)5-6-20(10)14-12(17)7-11(21(23)24)8-13(14)18/h7-8,10H,5-6,9H2,1-4H3/t10-/m0/s1. The molecular formula is C16H21F2N3O4. The van der Waals surface area contributed by atoms with Crippen molar-refractivity contribution in [2.75, 3.05) is 24.5 Å². The molecule has 25 heavy (non-hydrogen) atoms. The van der Waals surface area contributed by atoms with Crippen LogP contribution in [0.2, 0.25) is 0 Å². The fourth-order valence-corrected chi connectivity index (χ4v) is 2.71. The lowest BCUT2D eigenvalue weighted by molar-refractivity contribution is -0.385. The predicted molar refractivity (Wildman–Crippen MR) is 87.6 cm³/mol. The zero-order chi connectivity index (χ0) is 18.9. The Morgan fingerprint density at radius 1 is 1.28 bits per heavy atom. The van der Waals surface area contributed by atoms with Gasteiger partial charge in [-0.3, -0.25) is 10.1 Å². The number of nitrogens with zero attached hydrogens (tertiary/aromatic N) is 3. The second-order valence-electron chi connectivity index (χ2n) is 6.98. The molecule has 1 aromatic carbocycles. The van der Waals surface area contributed by atoms with Crippen LogP contribution in [0.5, 0.6) is 0 Å².